The number of nitrogens with one attached hydrogen (secondary N) is 1. The average molecular weight is 287 g/mol. The summed E-state index contributed by atoms with van der Waals surface area (Å²) in [4.78, 5) is 26.2. The van der Waals surface area contributed by atoms with Crippen LogP contribution in [0.5, 0.6) is 0 Å². The molecule has 0 saturated carbocycles. The Bertz CT molecular complexity index is 686. The lowest BCUT2D eigenvalue weighted by molar-refractivity contribution is 0.0691. The summed E-state index contributed by atoms with van der Waals surface area (Å²) in [5, 5.41) is 21.3. The first-order valence-electron chi connectivity index (χ1n) is 5.56. The van der Waals surface area contributed by atoms with Gasteiger partial charge in [0.25, 0.3) is 5.91 Å². The van der Waals surface area contributed by atoms with Crippen LogP contribution in [-0.4, -0.2) is 22.0 Å². The minimum absolute atomic E-state index is 0.0866. The van der Waals surface area contributed by atoms with Crippen molar-refractivity contribution in [3.05, 3.63) is 45.9 Å². The van der Waals surface area contributed by atoms with Gasteiger partial charge in [-0.05, 0) is 17.7 Å². The first-order valence-corrected chi connectivity index (χ1v) is 6.44. The van der Waals surface area contributed by atoms with Gasteiger partial charge in [0, 0.05) is 11.1 Å². The third-order valence-electron chi connectivity index (χ3n) is 2.41. The molecule has 7 heteroatoms. The summed E-state index contributed by atoms with van der Waals surface area (Å²) in [5.41, 5.74) is 1.26. The van der Waals surface area contributed by atoms with Crippen molar-refractivity contribution in [2.75, 3.05) is 5.32 Å². The molecular formula is C13H9N3O3S. The topological polar surface area (TPSA) is 103 Å². The lowest BCUT2D eigenvalue weighted by Crippen LogP contribution is -2.12. The molecule has 1 aromatic heterocycles. The highest BCUT2D eigenvalue weighted by Crippen LogP contribution is 2.14. The van der Waals surface area contributed by atoms with Crippen LogP contribution in [0.2, 0.25) is 0 Å². The second kappa shape index (κ2) is 5.95. The summed E-state index contributed by atoms with van der Waals surface area (Å²) < 4.78 is 0. The van der Waals surface area contributed by atoms with Crippen LogP contribution in [0, 0.1) is 11.3 Å². The fraction of sp³-hybridized carbons (Fsp3) is 0.0769. The number of benzene rings is 1. The normalized spacial score (nSPS) is 9.75. The van der Waals surface area contributed by atoms with Crippen LogP contribution in [0.3, 0.4) is 0 Å². The third-order valence-corrected chi connectivity index (χ3v) is 3.25. The summed E-state index contributed by atoms with van der Waals surface area (Å²) in [6, 6.07) is 8.86. The molecule has 20 heavy (non-hydrogen) atoms. The number of carboxylic acids is 1. The van der Waals surface area contributed by atoms with Crippen molar-refractivity contribution < 1.29 is 14.7 Å². The monoisotopic (exact) mass is 287 g/mol. The van der Waals surface area contributed by atoms with E-state index in [9.17, 15) is 9.59 Å². The lowest BCUT2D eigenvalue weighted by atomic mass is 10.1. The Morgan fingerprint density at radius 3 is 2.60 bits per heavy atom. The van der Waals surface area contributed by atoms with Gasteiger partial charge in [0.15, 0.2) is 10.7 Å². The van der Waals surface area contributed by atoms with Gasteiger partial charge in [-0.3, -0.25) is 4.79 Å². The molecule has 1 amide bonds. The number of aromatic carboxylic acids is 1. The number of aromatic nitrogens is 1. The number of hydrogen-bond acceptors (Lipinski definition) is 5. The largest absolute Gasteiger partial charge is 0.476 e. The molecule has 0 fully saturated rings. The molecule has 6 nitrogen and oxygen atoms in total. The van der Waals surface area contributed by atoms with Crippen molar-refractivity contribution in [1.82, 2.24) is 4.98 Å². The third kappa shape index (κ3) is 3.18. The molecule has 0 saturated heterocycles. The van der Waals surface area contributed by atoms with Gasteiger partial charge in [0.05, 0.1) is 12.5 Å². The van der Waals surface area contributed by atoms with Gasteiger partial charge in [-0.15, -0.1) is 11.3 Å². The van der Waals surface area contributed by atoms with E-state index in [1.165, 1.54) is 5.38 Å². The molecule has 1 aromatic carbocycles. The molecule has 0 radical (unpaired) electrons. The molecule has 2 N–H and O–H groups in total. The van der Waals surface area contributed by atoms with Crippen LogP contribution >= 0.6 is 11.3 Å². The van der Waals surface area contributed by atoms with Gasteiger partial charge in [0.2, 0.25) is 0 Å². The van der Waals surface area contributed by atoms with Gasteiger partial charge < -0.3 is 10.4 Å². The number of nitriles is 1. The summed E-state index contributed by atoms with van der Waals surface area (Å²) in [6.45, 7) is 0. The SMILES string of the molecule is N#CCc1ccc(NC(=O)c2nc(C(=O)O)cs2)cc1. The zero-order chi connectivity index (χ0) is 14.5. The number of carbonyl (C=O) groups excluding carboxylic acids is 1. The second-order valence-electron chi connectivity index (χ2n) is 3.83. The zero-order valence-corrected chi connectivity index (χ0v) is 11.0. The van der Waals surface area contributed by atoms with E-state index in [4.69, 9.17) is 10.4 Å². The molecule has 2 aromatic rings. The standard InChI is InChI=1S/C13H9N3O3S/c14-6-5-8-1-3-9(4-2-8)15-11(17)12-16-10(7-20-12)13(18)19/h1-4,7H,5H2,(H,15,17)(H,18,19). The number of carboxylic acid groups (broad SMARTS) is 1. The predicted molar refractivity (Wildman–Crippen MR) is 72.8 cm³/mol. The molecule has 1 heterocycles. The van der Waals surface area contributed by atoms with Crippen molar-refractivity contribution in [2.24, 2.45) is 0 Å². The zero-order valence-electron chi connectivity index (χ0n) is 10.2. The number of thiazole rings is 1. The van der Waals surface area contributed by atoms with Gasteiger partial charge in [-0.25, -0.2) is 9.78 Å². The Morgan fingerprint density at radius 2 is 2.05 bits per heavy atom. The molecule has 0 aliphatic heterocycles. The first-order chi connectivity index (χ1) is 9.60. The van der Waals surface area contributed by atoms with Crippen LogP contribution in [0.4, 0.5) is 5.69 Å². The van der Waals surface area contributed by atoms with E-state index in [1.54, 1.807) is 24.3 Å². The lowest BCUT2D eigenvalue weighted by Gasteiger charge is -2.03. The maximum absolute atomic E-state index is 11.9. The number of carbonyl (C=O) groups is 2. The maximum Gasteiger partial charge on any atom is 0.355 e. The van der Waals surface area contributed by atoms with Crippen LogP contribution in [0.25, 0.3) is 0 Å². The number of nitrogens with zero attached hydrogens (tertiary/aromatic N) is 2. The van der Waals surface area contributed by atoms with Crippen molar-refractivity contribution in [1.29, 1.82) is 5.26 Å². The molecule has 0 aliphatic rings. The van der Waals surface area contributed by atoms with Crippen molar-refractivity contribution in [3.8, 4) is 6.07 Å². The quantitative estimate of drug-likeness (QED) is 0.896. The van der Waals surface area contributed by atoms with Gasteiger partial charge in [-0.1, -0.05) is 12.1 Å². The highest BCUT2D eigenvalue weighted by molar-refractivity contribution is 7.12. The molecule has 0 aliphatic carbocycles. The fourth-order valence-corrected chi connectivity index (χ4v) is 2.14. The molecule has 0 spiro atoms. The van der Waals surface area contributed by atoms with E-state index >= 15 is 0 Å². The van der Waals surface area contributed by atoms with Crippen LogP contribution in [0.1, 0.15) is 25.9 Å². The Morgan fingerprint density at radius 1 is 1.35 bits per heavy atom. The van der Waals surface area contributed by atoms with E-state index < -0.39 is 11.9 Å². The molecule has 0 bridgehead atoms. The van der Waals surface area contributed by atoms with Crippen molar-refractivity contribution >= 4 is 28.9 Å². The Balaban J connectivity index is 2.07. The van der Waals surface area contributed by atoms with Gasteiger partial charge in [-0.2, -0.15) is 5.26 Å². The fourth-order valence-electron chi connectivity index (χ4n) is 1.46. The van der Waals surface area contributed by atoms with E-state index in [0.717, 1.165) is 16.9 Å². The van der Waals surface area contributed by atoms with E-state index in [2.05, 4.69) is 10.3 Å². The summed E-state index contributed by atoms with van der Waals surface area (Å²) >= 11 is 0.969. The van der Waals surface area contributed by atoms with Gasteiger partial charge >= 0.3 is 5.97 Å². The van der Waals surface area contributed by atoms with Crippen molar-refractivity contribution in [2.45, 2.75) is 6.42 Å². The number of hydrogen-bond donors (Lipinski definition) is 2. The highest BCUT2D eigenvalue weighted by Gasteiger charge is 2.14. The first kappa shape index (κ1) is 13.7. The number of anilines is 1. The number of rotatable bonds is 4. The summed E-state index contributed by atoms with van der Waals surface area (Å²) in [6.07, 6.45) is 0.308. The predicted octanol–water partition coefficient (Wildman–Crippen LogP) is 2.16. The summed E-state index contributed by atoms with van der Waals surface area (Å²) in [7, 11) is 0. The van der Waals surface area contributed by atoms with E-state index in [1.807, 2.05) is 6.07 Å². The molecular weight excluding hydrogens is 278 g/mol. The molecule has 0 atom stereocenters. The minimum atomic E-state index is -1.17. The average Bonchev–Trinajstić information content (AvgIpc) is 2.91. The molecule has 100 valence electrons. The van der Waals surface area contributed by atoms with E-state index in [-0.39, 0.29) is 10.7 Å². The molecule has 2 rings (SSSR count). The van der Waals surface area contributed by atoms with Gasteiger partial charge in [0.1, 0.15) is 0 Å². The smallest absolute Gasteiger partial charge is 0.355 e. The van der Waals surface area contributed by atoms with Crippen LogP contribution in [0.15, 0.2) is 29.6 Å². The number of amides is 1. The van der Waals surface area contributed by atoms with Crippen molar-refractivity contribution in [3.63, 3.8) is 0 Å². The highest BCUT2D eigenvalue weighted by atomic mass is 32.1. The van der Waals surface area contributed by atoms with Crippen LogP contribution < -0.4 is 5.32 Å². The Kier molecular flexibility index (Phi) is 4.08. The minimum Gasteiger partial charge on any atom is -0.476 e. The molecule has 0 unspecified atom stereocenters. The summed E-state index contributed by atoms with van der Waals surface area (Å²) in [5.74, 6) is -1.63. The van der Waals surface area contributed by atoms with E-state index in [0.29, 0.717) is 12.1 Å². The Hall–Kier alpha value is -2.72. The Labute approximate surface area is 118 Å². The second-order valence-corrected chi connectivity index (χ2v) is 4.69. The maximum atomic E-state index is 11.9. The van der Waals surface area contributed by atoms with Crippen LogP contribution in [-0.2, 0) is 6.42 Å².